The van der Waals surface area contributed by atoms with Gasteiger partial charge in [-0.25, -0.2) is 4.39 Å². The number of halogens is 2. The monoisotopic (exact) mass is 450 g/mol. The van der Waals surface area contributed by atoms with Gasteiger partial charge in [-0.15, -0.1) is 0 Å². The summed E-state index contributed by atoms with van der Waals surface area (Å²) in [5.74, 6) is 3.07. The van der Waals surface area contributed by atoms with Gasteiger partial charge < -0.3 is 0 Å². The van der Waals surface area contributed by atoms with Gasteiger partial charge in [0.15, 0.2) is 0 Å². The van der Waals surface area contributed by atoms with Crippen LogP contribution in [0.25, 0.3) is 0 Å². The second kappa shape index (κ2) is 13.3. The predicted molar refractivity (Wildman–Crippen MR) is 133 cm³/mol. The molecule has 1 aromatic rings. The first-order valence-electron chi connectivity index (χ1n) is 13.0. The molecule has 30 heavy (non-hydrogen) atoms. The minimum absolute atomic E-state index is 0.348. The van der Waals surface area contributed by atoms with E-state index >= 15 is 0 Å². The van der Waals surface area contributed by atoms with Crippen LogP contribution in [0.5, 0.6) is 0 Å². The quantitative estimate of drug-likeness (QED) is 0.233. The Morgan fingerprint density at radius 2 is 1.63 bits per heavy atom. The van der Waals surface area contributed by atoms with Crippen molar-refractivity contribution >= 4 is 20.4 Å². The van der Waals surface area contributed by atoms with Crippen LogP contribution in [0.1, 0.15) is 95.1 Å². The highest BCUT2D eigenvalue weighted by atomic mass is 35.5. The second-order valence-electron chi connectivity index (χ2n) is 10.3. The van der Waals surface area contributed by atoms with Crippen LogP contribution in [-0.2, 0) is 13.1 Å². The lowest BCUT2D eigenvalue weighted by Crippen LogP contribution is -2.28. The molecule has 170 valence electrons. The van der Waals surface area contributed by atoms with Crippen LogP contribution in [0, 0.1) is 17.8 Å². The summed E-state index contributed by atoms with van der Waals surface area (Å²) in [6.45, 7) is 1.93. The van der Waals surface area contributed by atoms with E-state index in [0.29, 0.717) is 5.02 Å². The van der Waals surface area contributed by atoms with Crippen LogP contribution >= 0.6 is 11.6 Å². The Hall–Kier alpha value is -0.343. The molecule has 0 nitrogen and oxygen atoms in total. The van der Waals surface area contributed by atoms with E-state index in [-0.39, 0.29) is 8.80 Å². The van der Waals surface area contributed by atoms with Crippen molar-refractivity contribution in [3.05, 3.63) is 34.3 Å². The van der Waals surface area contributed by atoms with E-state index in [1.165, 1.54) is 64.2 Å². The van der Waals surface area contributed by atoms with Crippen molar-refractivity contribution in [3.63, 3.8) is 0 Å². The van der Waals surface area contributed by atoms with E-state index < -0.39 is 6.67 Å². The molecular weight excluding hydrogens is 407 g/mol. The lowest BCUT2D eigenvalue weighted by atomic mass is 9.73. The van der Waals surface area contributed by atoms with Crippen molar-refractivity contribution in [3.8, 4) is 0 Å². The zero-order chi connectivity index (χ0) is 21.2. The largest absolute Gasteiger partial charge is 0.246 e. The van der Waals surface area contributed by atoms with Gasteiger partial charge in [-0.2, -0.15) is 0 Å². The molecule has 0 radical (unpaired) electrons. The molecule has 0 spiro atoms. The van der Waals surface area contributed by atoms with E-state index in [1.807, 2.05) is 12.1 Å². The average molecular weight is 451 g/mol. The average Bonchev–Trinajstić information content (AvgIpc) is 2.78. The normalized spacial score (nSPS) is 27.3. The Bertz CT molecular complexity index is 603. The van der Waals surface area contributed by atoms with Crippen molar-refractivity contribution in [2.24, 2.45) is 17.8 Å². The van der Waals surface area contributed by atoms with E-state index in [1.54, 1.807) is 37.0 Å². The highest BCUT2D eigenvalue weighted by molar-refractivity contribution is 6.58. The maximum absolute atomic E-state index is 13.2. The maximum Gasteiger partial charge on any atom is 0.115 e. The molecule has 0 bridgehead atoms. The third kappa shape index (κ3) is 7.66. The molecule has 1 heterocycles. The van der Waals surface area contributed by atoms with Gasteiger partial charge in [0.25, 0.3) is 0 Å². The van der Waals surface area contributed by atoms with Crippen molar-refractivity contribution in [2.75, 3.05) is 0 Å². The van der Waals surface area contributed by atoms with Gasteiger partial charge in [-0.3, -0.25) is 0 Å². The molecule has 3 heteroatoms. The molecule has 0 unspecified atom stereocenters. The Balaban J connectivity index is 1.28. The van der Waals surface area contributed by atoms with Crippen molar-refractivity contribution in [2.45, 2.75) is 115 Å². The maximum atomic E-state index is 13.2. The van der Waals surface area contributed by atoms with Crippen LogP contribution in [0.15, 0.2) is 18.2 Å². The number of benzene rings is 1. The Morgan fingerprint density at radius 3 is 2.33 bits per heavy atom. The fraction of sp³-hybridized carbons (Fsp3) is 0.778. The summed E-state index contributed by atoms with van der Waals surface area (Å²) in [6.07, 6.45) is 18.3. The molecular formula is C27H44ClFSi. The van der Waals surface area contributed by atoms with Gasteiger partial charge in [-0.1, -0.05) is 101 Å². The van der Waals surface area contributed by atoms with E-state index in [4.69, 9.17) is 11.6 Å². The lowest BCUT2D eigenvalue weighted by Gasteiger charge is -2.37. The Morgan fingerprint density at radius 1 is 0.900 bits per heavy atom. The summed E-state index contributed by atoms with van der Waals surface area (Å²) in [5.41, 5.74) is 1.94. The molecule has 1 saturated heterocycles. The number of unbranched alkanes of at least 4 members (excludes halogenated alkanes) is 3. The molecule has 1 aromatic carbocycles. The summed E-state index contributed by atoms with van der Waals surface area (Å²) in [5, 5.41) is 0.649. The molecule has 2 aliphatic rings. The molecule has 0 N–H and O–H groups in total. The van der Waals surface area contributed by atoms with Gasteiger partial charge in [0, 0.05) is 13.8 Å². The number of aryl methyl sites for hydroxylation is 1. The molecule has 0 amide bonds. The van der Waals surface area contributed by atoms with Crippen molar-refractivity contribution in [1.29, 1.82) is 0 Å². The molecule has 3 rings (SSSR count). The standard InChI is InChI=1S/C27H44ClFSi/c1-2-3-6-17-30-18-15-25(16-19-30)24-11-9-22(10-12-24)7-4-5-8-23-13-14-27(28)20-26(23)21-29/h13-14,20,22,24-25,30H,2-12,15-19,21H2,1H3/t22-,24-,25-,30-. The summed E-state index contributed by atoms with van der Waals surface area (Å²) in [4.78, 5) is 0. The highest BCUT2D eigenvalue weighted by Crippen LogP contribution is 2.42. The summed E-state index contributed by atoms with van der Waals surface area (Å²) < 4.78 is 13.2. The van der Waals surface area contributed by atoms with Crippen molar-refractivity contribution < 1.29 is 4.39 Å². The number of hydrogen-bond acceptors (Lipinski definition) is 0. The summed E-state index contributed by atoms with van der Waals surface area (Å²) in [7, 11) is -0.348. The third-order valence-electron chi connectivity index (χ3n) is 8.29. The summed E-state index contributed by atoms with van der Waals surface area (Å²) in [6, 6.07) is 10.7. The molecule has 0 atom stereocenters. The fourth-order valence-electron chi connectivity index (χ4n) is 6.29. The first kappa shape index (κ1) is 24.3. The van der Waals surface area contributed by atoms with Gasteiger partial charge >= 0.3 is 0 Å². The van der Waals surface area contributed by atoms with Gasteiger partial charge in [0.05, 0.1) is 0 Å². The van der Waals surface area contributed by atoms with Gasteiger partial charge in [-0.05, 0) is 66.7 Å². The zero-order valence-electron chi connectivity index (χ0n) is 19.3. The van der Waals surface area contributed by atoms with Crippen LogP contribution < -0.4 is 0 Å². The van der Waals surface area contributed by atoms with Crippen LogP contribution in [0.4, 0.5) is 4.39 Å². The number of hydrogen-bond donors (Lipinski definition) is 0. The Labute approximate surface area is 192 Å². The number of alkyl halides is 1. The third-order valence-corrected chi connectivity index (χ3v) is 12.0. The first-order valence-corrected chi connectivity index (χ1v) is 15.9. The lowest BCUT2D eigenvalue weighted by molar-refractivity contribution is 0.184. The van der Waals surface area contributed by atoms with Crippen LogP contribution in [0.3, 0.4) is 0 Å². The van der Waals surface area contributed by atoms with E-state index in [2.05, 4.69) is 6.92 Å². The van der Waals surface area contributed by atoms with E-state index in [0.717, 1.165) is 35.3 Å². The summed E-state index contributed by atoms with van der Waals surface area (Å²) >= 11 is 5.99. The molecule has 1 saturated carbocycles. The predicted octanol–water partition coefficient (Wildman–Crippen LogP) is 9.16. The van der Waals surface area contributed by atoms with Crippen molar-refractivity contribution in [1.82, 2.24) is 0 Å². The minimum atomic E-state index is -0.400. The molecule has 1 aliphatic heterocycles. The first-order chi connectivity index (χ1) is 14.7. The fourth-order valence-corrected chi connectivity index (χ4v) is 10.0. The Kier molecular flexibility index (Phi) is 10.7. The molecule has 0 aromatic heterocycles. The van der Waals surface area contributed by atoms with Crippen LogP contribution in [0.2, 0.25) is 23.2 Å². The molecule has 2 fully saturated rings. The minimum Gasteiger partial charge on any atom is -0.246 e. The smallest absolute Gasteiger partial charge is 0.115 e. The second-order valence-corrected chi connectivity index (χ2v) is 14.3. The van der Waals surface area contributed by atoms with Crippen LogP contribution in [-0.4, -0.2) is 8.80 Å². The van der Waals surface area contributed by atoms with Gasteiger partial charge in [0.1, 0.15) is 6.67 Å². The topological polar surface area (TPSA) is 0 Å². The highest BCUT2D eigenvalue weighted by Gasteiger charge is 2.30. The molecule has 1 aliphatic carbocycles. The van der Waals surface area contributed by atoms with Gasteiger partial charge in [0.2, 0.25) is 0 Å². The SMILES string of the molecule is CCCCC[Si@H]1CC[C@H]([C@H]2CC[C@H](CCCCc3ccc(Cl)cc3CF)CC2)CC1. The van der Waals surface area contributed by atoms with E-state index in [9.17, 15) is 4.39 Å². The number of rotatable bonds is 11. The zero-order valence-corrected chi connectivity index (χ0v) is 21.2.